The summed E-state index contributed by atoms with van der Waals surface area (Å²) < 4.78 is 0. The molecule has 0 saturated heterocycles. The summed E-state index contributed by atoms with van der Waals surface area (Å²) in [6.07, 6.45) is 1.98. The van der Waals surface area contributed by atoms with Crippen molar-refractivity contribution in [2.24, 2.45) is 4.99 Å². The van der Waals surface area contributed by atoms with Gasteiger partial charge in [0.15, 0.2) is 0 Å². The van der Waals surface area contributed by atoms with E-state index in [1.165, 1.54) is 16.7 Å². The molecule has 1 aliphatic heterocycles. The van der Waals surface area contributed by atoms with E-state index in [0.29, 0.717) is 6.04 Å². The van der Waals surface area contributed by atoms with E-state index in [2.05, 4.69) is 49.3 Å². The van der Waals surface area contributed by atoms with Crippen molar-refractivity contribution >= 4 is 29.7 Å². The molecular formula is C19H22Cl2N2. The van der Waals surface area contributed by atoms with E-state index in [-0.39, 0.29) is 12.4 Å². The molecule has 0 N–H and O–H groups in total. The molecule has 0 amide bonds. The normalized spacial score (nSPS) is 16.5. The summed E-state index contributed by atoms with van der Waals surface area (Å²) in [6, 6.07) is 16.8. The topological polar surface area (TPSA) is 15.6 Å². The summed E-state index contributed by atoms with van der Waals surface area (Å²) in [5.41, 5.74) is 4.66. The zero-order valence-corrected chi connectivity index (χ0v) is 15.1. The Morgan fingerprint density at radius 3 is 2.52 bits per heavy atom. The smallest absolute Gasteiger partial charge is 0.0725 e. The summed E-state index contributed by atoms with van der Waals surface area (Å²) in [7, 11) is 4.21. The number of halogens is 2. The molecule has 2 nitrogen and oxygen atoms in total. The van der Waals surface area contributed by atoms with Crippen LogP contribution in [0.5, 0.6) is 0 Å². The average molecular weight is 349 g/mol. The Kier molecular flexibility index (Phi) is 6.23. The Morgan fingerprint density at radius 2 is 1.83 bits per heavy atom. The van der Waals surface area contributed by atoms with Crippen LogP contribution in [0.15, 0.2) is 53.5 Å². The third kappa shape index (κ3) is 4.14. The maximum atomic E-state index is 6.46. The molecule has 1 heterocycles. The van der Waals surface area contributed by atoms with Gasteiger partial charge in [-0.1, -0.05) is 54.1 Å². The van der Waals surface area contributed by atoms with E-state index in [0.717, 1.165) is 30.1 Å². The van der Waals surface area contributed by atoms with Crippen LogP contribution in [0.3, 0.4) is 0 Å². The van der Waals surface area contributed by atoms with Gasteiger partial charge in [0, 0.05) is 16.1 Å². The quantitative estimate of drug-likeness (QED) is 0.795. The first-order valence-electron chi connectivity index (χ1n) is 7.71. The van der Waals surface area contributed by atoms with Gasteiger partial charge in [0.2, 0.25) is 0 Å². The van der Waals surface area contributed by atoms with E-state index in [1.54, 1.807) is 0 Å². The molecule has 122 valence electrons. The monoisotopic (exact) mass is 348 g/mol. The van der Waals surface area contributed by atoms with Crippen molar-refractivity contribution in [3.63, 3.8) is 0 Å². The first kappa shape index (κ1) is 18.0. The zero-order chi connectivity index (χ0) is 15.5. The molecule has 1 unspecified atom stereocenters. The van der Waals surface area contributed by atoms with Crippen molar-refractivity contribution in [3.8, 4) is 0 Å². The summed E-state index contributed by atoms with van der Waals surface area (Å²) in [5, 5.41) is 0.857. The molecule has 0 spiro atoms. The summed E-state index contributed by atoms with van der Waals surface area (Å²) in [6.45, 7) is 1.04. The van der Waals surface area contributed by atoms with Gasteiger partial charge in [-0.3, -0.25) is 4.99 Å². The minimum atomic E-state index is 0. The van der Waals surface area contributed by atoms with E-state index >= 15 is 0 Å². The minimum Gasteiger partial charge on any atom is -0.309 e. The molecule has 4 heteroatoms. The van der Waals surface area contributed by atoms with Crippen LogP contribution in [0, 0.1) is 0 Å². The summed E-state index contributed by atoms with van der Waals surface area (Å²) in [4.78, 5) is 7.25. The van der Waals surface area contributed by atoms with Crippen molar-refractivity contribution < 1.29 is 0 Å². The number of rotatable bonds is 4. The Balaban J connectivity index is 0.00000192. The van der Waals surface area contributed by atoms with Crippen LogP contribution in [0.2, 0.25) is 5.02 Å². The van der Waals surface area contributed by atoms with Gasteiger partial charge in [0.1, 0.15) is 0 Å². The van der Waals surface area contributed by atoms with Gasteiger partial charge in [-0.05, 0) is 45.1 Å². The van der Waals surface area contributed by atoms with Crippen molar-refractivity contribution in [2.75, 3.05) is 20.6 Å². The second kappa shape index (κ2) is 7.96. The van der Waals surface area contributed by atoms with Crippen molar-refractivity contribution in [1.82, 2.24) is 4.90 Å². The first-order valence-corrected chi connectivity index (χ1v) is 8.08. The third-order valence-electron chi connectivity index (χ3n) is 4.08. The molecule has 1 atom stereocenters. The van der Waals surface area contributed by atoms with E-state index in [1.807, 2.05) is 18.2 Å². The fourth-order valence-electron chi connectivity index (χ4n) is 2.92. The molecule has 0 aliphatic carbocycles. The molecule has 0 bridgehead atoms. The van der Waals surface area contributed by atoms with Crippen LogP contribution in [-0.4, -0.2) is 37.3 Å². The second-order valence-electron chi connectivity index (χ2n) is 6.06. The van der Waals surface area contributed by atoms with Gasteiger partial charge in [0.05, 0.1) is 11.8 Å². The SMILES string of the molecule is CN(C)CCC1Cc2c(Cl)cccc2C(c2ccccc2)=N1.Cl. The predicted molar refractivity (Wildman–Crippen MR) is 101 cm³/mol. The largest absolute Gasteiger partial charge is 0.309 e. The lowest BCUT2D eigenvalue weighted by Gasteiger charge is -2.25. The second-order valence-corrected chi connectivity index (χ2v) is 6.47. The van der Waals surface area contributed by atoms with Gasteiger partial charge < -0.3 is 4.90 Å². The van der Waals surface area contributed by atoms with Gasteiger partial charge in [0.25, 0.3) is 0 Å². The van der Waals surface area contributed by atoms with Crippen LogP contribution in [0.25, 0.3) is 0 Å². The number of fused-ring (bicyclic) bond motifs is 1. The van der Waals surface area contributed by atoms with Crippen molar-refractivity contribution in [2.45, 2.75) is 18.9 Å². The molecule has 23 heavy (non-hydrogen) atoms. The van der Waals surface area contributed by atoms with Crippen LogP contribution in [0.4, 0.5) is 0 Å². The average Bonchev–Trinajstić information content (AvgIpc) is 2.54. The first-order chi connectivity index (χ1) is 10.6. The number of hydrogen-bond donors (Lipinski definition) is 0. The lowest BCUT2D eigenvalue weighted by atomic mass is 9.89. The number of nitrogens with zero attached hydrogens (tertiary/aromatic N) is 2. The van der Waals surface area contributed by atoms with Crippen molar-refractivity contribution in [3.05, 3.63) is 70.2 Å². The summed E-state index contributed by atoms with van der Waals surface area (Å²) in [5.74, 6) is 0. The van der Waals surface area contributed by atoms with Gasteiger partial charge in [-0.2, -0.15) is 0 Å². The van der Waals surface area contributed by atoms with E-state index in [4.69, 9.17) is 16.6 Å². The van der Waals surface area contributed by atoms with Gasteiger partial charge in [-0.15, -0.1) is 12.4 Å². The maximum Gasteiger partial charge on any atom is 0.0725 e. The molecule has 3 rings (SSSR count). The van der Waals surface area contributed by atoms with Crippen LogP contribution in [-0.2, 0) is 6.42 Å². The molecule has 0 radical (unpaired) electrons. The van der Waals surface area contributed by atoms with Crippen molar-refractivity contribution in [1.29, 1.82) is 0 Å². The van der Waals surface area contributed by atoms with Gasteiger partial charge >= 0.3 is 0 Å². The minimum absolute atomic E-state index is 0. The van der Waals surface area contributed by atoms with E-state index < -0.39 is 0 Å². The highest BCUT2D eigenvalue weighted by molar-refractivity contribution is 6.32. The Labute approximate surface area is 149 Å². The Morgan fingerprint density at radius 1 is 1.09 bits per heavy atom. The Hall–Kier alpha value is -1.35. The van der Waals surface area contributed by atoms with Crippen LogP contribution >= 0.6 is 24.0 Å². The fourth-order valence-corrected chi connectivity index (χ4v) is 3.17. The van der Waals surface area contributed by atoms with Crippen LogP contribution < -0.4 is 0 Å². The lowest BCUT2D eigenvalue weighted by molar-refractivity contribution is 0.379. The number of benzene rings is 2. The molecule has 0 fully saturated rings. The molecular weight excluding hydrogens is 327 g/mol. The summed E-state index contributed by atoms with van der Waals surface area (Å²) >= 11 is 6.46. The number of aliphatic imine (C=N–C) groups is 1. The Bertz CT molecular complexity index is 681. The zero-order valence-electron chi connectivity index (χ0n) is 13.5. The highest BCUT2D eigenvalue weighted by Crippen LogP contribution is 2.30. The maximum absolute atomic E-state index is 6.46. The highest BCUT2D eigenvalue weighted by Gasteiger charge is 2.23. The molecule has 0 aromatic heterocycles. The van der Waals surface area contributed by atoms with E-state index in [9.17, 15) is 0 Å². The molecule has 0 saturated carbocycles. The van der Waals surface area contributed by atoms with Gasteiger partial charge in [-0.25, -0.2) is 0 Å². The third-order valence-corrected chi connectivity index (χ3v) is 4.44. The predicted octanol–water partition coefficient (Wildman–Crippen LogP) is 4.48. The standard InChI is InChI=1S/C19H21ClN2.ClH/c1-22(2)12-11-15-13-17-16(9-6-10-18(17)20)19(21-15)14-7-4-3-5-8-14;/h3-10,15H,11-13H2,1-2H3;1H. The molecule has 1 aliphatic rings. The molecule has 2 aromatic carbocycles. The molecule has 2 aromatic rings. The highest BCUT2D eigenvalue weighted by atomic mass is 35.5. The fraction of sp³-hybridized carbons (Fsp3) is 0.316. The van der Waals surface area contributed by atoms with Crippen LogP contribution in [0.1, 0.15) is 23.1 Å². The number of hydrogen-bond acceptors (Lipinski definition) is 2. The lowest BCUT2D eigenvalue weighted by Crippen LogP contribution is -2.26.